The summed E-state index contributed by atoms with van der Waals surface area (Å²) < 4.78 is 16.7. The van der Waals surface area contributed by atoms with Crippen molar-refractivity contribution in [1.29, 1.82) is 0 Å². The average Bonchev–Trinajstić information content (AvgIpc) is 3.27. The highest BCUT2D eigenvalue weighted by Crippen LogP contribution is 2.28. The molecule has 0 aromatic carbocycles. The molecule has 0 saturated carbocycles. The van der Waals surface area contributed by atoms with Gasteiger partial charge in [0.25, 0.3) is 5.95 Å². The smallest absolute Gasteiger partial charge is 0.254 e. The van der Waals surface area contributed by atoms with E-state index < -0.39 is 5.82 Å². The molecule has 1 N–H and O–H groups in total. The van der Waals surface area contributed by atoms with Gasteiger partial charge in [-0.1, -0.05) is 0 Å². The highest BCUT2D eigenvalue weighted by molar-refractivity contribution is 5.59. The number of nitrogens with zero attached hydrogens (tertiary/aromatic N) is 7. The summed E-state index contributed by atoms with van der Waals surface area (Å²) in [4.78, 5) is 18.9. The van der Waals surface area contributed by atoms with Crippen LogP contribution in [0.1, 0.15) is 24.2 Å². The summed E-state index contributed by atoms with van der Waals surface area (Å²) in [5.74, 6) is 0.585. The molecule has 3 aromatic heterocycles. The van der Waals surface area contributed by atoms with Gasteiger partial charge in [-0.25, -0.2) is 9.67 Å². The first kappa shape index (κ1) is 16.4. The van der Waals surface area contributed by atoms with Crippen LogP contribution in [0.5, 0.6) is 0 Å². The number of halogens is 1. The number of aryl methyl sites for hydroxylation is 2. The predicted molar refractivity (Wildman–Crippen MR) is 95.3 cm³/mol. The fourth-order valence-corrected chi connectivity index (χ4v) is 3.06. The molecule has 8 nitrogen and oxygen atoms in total. The van der Waals surface area contributed by atoms with Gasteiger partial charge < -0.3 is 10.2 Å². The normalized spacial score (nSPS) is 14.0. The summed E-state index contributed by atoms with van der Waals surface area (Å²) in [6, 6.07) is 1.93. The van der Waals surface area contributed by atoms with Crippen molar-refractivity contribution in [3.8, 4) is 5.95 Å². The Morgan fingerprint density at radius 2 is 1.92 bits per heavy atom. The monoisotopic (exact) mass is 354 g/mol. The number of rotatable bonds is 4. The van der Waals surface area contributed by atoms with Crippen molar-refractivity contribution in [3.63, 3.8) is 0 Å². The van der Waals surface area contributed by atoms with Gasteiger partial charge in [-0.3, -0.25) is 4.98 Å². The number of nitrogens with one attached hydrogen (secondary N) is 1. The summed E-state index contributed by atoms with van der Waals surface area (Å²) in [7, 11) is 0. The van der Waals surface area contributed by atoms with Crippen LogP contribution in [-0.2, 0) is 0 Å². The van der Waals surface area contributed by atoms with Gasteiger partial charge in [0.2, 0.25) is 5.82 Å². The van der Waals surface area contributed by atoms with Gasteiger partial charge in [0, 0.05) is 31.2 Å². The number of aromatic nitrogens is 6. The van der Waals surface area contributed by atoms with E-state index in [2.05, 4.69) is 30.4 Å². The lowest BCUT2D eigenvalue weighted by atomic mass is 10.4. The highest BCUT2D eigenvalue weighted by atomic mass is 19.1. The second kappa shape index (κ2) is 6.66. The molecule has 0 bridgehead atoms. The molecule has 3 aromatic rings. The molecule has 26 heavy (non-hydrogen) atoms. The molecule has 0 aliphatic carbocycles. The van der Waals surface area contributed by atoms with Crippen LogP contribution in [0.4, 0.5) is 21.8 Å². The Hall–Kier alpha value is -3.10. The Balaban J connectivity index is 1.82. The molecule has 1 aliphatic heterocycles. The zero-order valence-electron chi connectivity index (χ0n) is 14.6. The molecule has 0 unspecified atom stereocenters. The SMILES string of the molecule is Cc1cc(C)n(-c2nc(Nc3cnccn3)c(F)c(N3CCCC3)n2)n1. The van der Waals surface area contributed by atoms with Crippen molar-refractivity contribution in [2.45, 2.75) is 26.7 Å². The lowest BCUT2D eigenvalue weighted by Gasteiger charge is -2.19. The summed E-state index contributed by atoms with van der Waals surface area (Å²) in [6.07, 6.45) is 6.64. The highest BCUT2D eigenvalue weighted by Gasteiger charge is 2.24. The van der Waals surface area contributed by atoms with E-state index in [1.807, 2.05) is 24.8 Å². The zero-order chi connectivity index (χ0) is 18.1. The predicted octanol–water partition coefficient (Wildman–Crippen LogP) is 2.55. The topological polar surface area (TPSA) is 84.7 Å². The minimum absolute atomic E-state index is 0.0601. The van der Waals surface area contributed by atoms with Crippen molar-refractivity contribution < 1.29 is 4.39 Å². The first-order valence-electron chi connectivity index (χ1n) is 8.51. The first-order valence-corrected chi connectivity index (χ1v) is 8.51. The standard InChI is InChI=1S/C17H19FN8/c1-11-9-12(2)26(24-11)17-22-15(21-13-10-19-5-6-20-13)14(18)16(23-17)25-7-3-4-8-25/h5-6,9-10H,3-4,7-8H2,1-2H3,(H,20,21,22,23). The largest absolute Gasteiger partial charge is 0.354 e. The van der Waals surface area contributed by atoms with Gasteiger partial charge in [-0.05, 0) is 32.8 Å². The van der Waals surface area contributed by atoms with E-state index in [4.69, 9.17) is 0 Å². The van der Waals surface area contributed by atoms with E-state index in [-0.39, 0.29) is 11.6 Å². The molecule has 4 rings (SSSR count). The molecule has 0 atom stereocenters. The van der Waals surface area contributed by atoms with Crippen LogP contribution < -0.4 is 10.2 Å². The fraction of sp³-hybridized carbons (Fsp3) is 0.353. The molecular weight excluding hydrogens is 335 g/mol. The second-order valence-electron chi connectivity index (χ2n) is 6.26. The Morgan fingerprint density at radius 1 is 1.12 bits per heavy atom. The summed E-state index contributed by atoms with van der Waals surface area (Å²) in [5.41, 5.74) is 1.73. The van der Waals surface area contributed by atoms with Crippen molar-refractivity contribution >= 4 is 17.5 Å². The minimum atomic E-state index is -0.497. The van der Waals surface area contributed by atoms with Gasteiger partial charge in [0.1, 0.15) is 5.82 Å². The lowest BCUT2D eigenvalue weighted by molar-refractivity contribution is 0.607. The molecule has 0 amide bonds. The van der Waals surface area contributed by atoms with E-state index in [0.29, 0.717) is 11.8 Å². The zero-order valence-corrected chi connectivity index (χ0v) is 14.6. The molecule has 9 heteroatoms. The summed E-state index contributed by atoms with van der Waals surface area (Å²) in [5, 5.41) is 7.33. The molecule has 4 heterocycles. The van der Waals surface area contributed by atoms with Gasteiger partial charge in [0.05, 0.1) is 11.9 Å². The van der Waals surface area contributed by atoms with Gasteiger partial charge in [-0.15, -0.1) is 0 Å². The van der Waals surface area contributed by atoms with Crippen molar-refractivity contribution in [2.24, 2.45) is 0 Å². The lowest BCUT2D eigenvalue weighted by Crippen LogP contribution is -2.23. The van der Waals surface area contributed by atoms with Crippen LogP contribution in [0.15, 0.2) is 24.7 Å². The third kappa shape index (κ3) is 3.07. The van der Waals surface area contributed by atoms with Crippen molar-refractivity contribution in [2.75, 3.05) is 23.3 Å². The molecular formula is C17H19FN8. The van der Waals surface area contributed by atoms with E-state index in [1.54, 1.807) is 10.9 Å². The molecule has 0 spiro atoms. The van der Waals surface area contributed by atoms with Crippen molar-refractivity contribution in [3.05, 3.63) is 41.9 Å². The Morgan fingerprint density at radius 3 is 2.58 bits per heavy atom. The Labute approximate surface area is 150 Å². The van der Waals surface area contributed by atoms with E-state index in [0.717, 1.165) is 37.3 Å². The van der Waals surface area contributed by atoms with E-state index in [1.165, 1.54) is 12.4 Å². The maximum Gasteiger partial charge on any atom is 0.254 e. The van der Waals surface area contributed by atoms with Crippen LogP contribution in [0.25, 0.3) is 5.95 Å². The second-order valence-corrected chi connectivity index (χ2v) is 6.26. The third-order valence-electron chi connectivity index (χ3n) is 4.24. The summed E-state index contributed by atoms with van der Waals surface area (Å²) >= 11 is 0. The maximum atomic E-state index is 15.1. The average molecular weight is 354 g/mol. The van der Waals surface area contributed by atoms with E-state index >= 15 is 4.39 Å². The number of anilines is 3. The maximum absolute atomic E-state index is 15.1. The number of hydrogen-bond acceptors (Lipinski definition) is 7. The van der Waals surface area contributed by atoms with Gasteiger partial charge in [-0.2, -0.15) is 19.5 Å². The third-order valence-corrected chi connectivity index (χ3v) is 4.24. The molecule has 1 fully saturated rings. The van der Waals surface area contributed by atoms with Crippen LogP contribution in [0.2, 0.25) is 0 Å². The van der Waals surface area contributed by atoms with Crippen LogP contribution >= 0.6 is 0 Å². The molecule has 134 valence electrons. The molecule has 1 saturated heterocycles. The Kier molecular flexibility index (Phi) is 4.19. The fourth-order valence-electron chi connectivity index (χ4n) is 3.06. The minimum Gasteiger partial charge on any atom is -0.354 e. The van der Waals surface area contributed by atoms with Crippen LogP contribution in [0.3, 0.4) is 0 Å². The van der Waals surface area contributed by atoms with Crippen LogP contribution in [0, 0.1) is 19.7 Å². The Bertz CT molecular complexity index is 918. The van der Waals surface area contributed by atoms with Gasteiger partial charge in [0.15, 0.2) is 11.6 Å². The summed E-state index contributed by atoms with van der Waals surface area (Å²) in [6.45, 7) is 5.36. The molecule has 1 aliphatic rings. The first-order chi connectivity index (χ1) is 12.6. The van der Waals surface area contributed by atoms with Crippen LogP contribution in [-0.4, -0.2) is 42.8 Å². The number of hydrogen-bond donors (Lipinski definition) is 1. The van der Waals surface area contributed by atoms with Crippen molar-refractivity contribution in [1.82, 2.24) is 29.7 Å². The van der Waals surface area contributed by atoms with Gasteiger partial charge >= 0.3 is 0 Å². The quantitative estimate of drug-likeness (QED) is 0.771. The van der Waals surface area contributed by atoms with E-state index in [9.17, 15) is 0 Å². The molecule has 0 radical (unpaired) electrons.